The van der Waals surface area contributed by atoms with Crippen LogP contribution in [0.3, 0.4) is 0 Å². The lowest BCUT2D eigenvalue weighted by Gasteiger charge is -2.21. The monoisotopic (exact) mass is 444 g/mol. The number of alkyl halides is 3. The van der Waals surface area contributed by atoms with Gasteiger partial charge in [0.1, 0.15) is 5.82 Å². The van der Waals surface area contributed by atoms with Gasteiger partial charge in [-0.15, -0.1) is 0 Å². The molecule has 0 spiro atoms. The Balaban J connectivity index is 1.78. The van der Waals surface area contributed by atoms with E-state index in [4.69, 9.17) is 0 Å². The van der Waals surface area contributed by atoms with E-state index in [1.807, 2.05) is 0 Å². The van der Waals surface area contributed by atoms with Crippen molar-refractivity contribution in [3.8, 4) is 11.4 Å². The summed E-state index contributed by atoms with van der Waals surface area (Å²) in [4.78, 5) is 24.5. The quantitative estimate of drug-likeness (QED) is 0.482. The lowest BCUT2D eigenvalue weighted by atomic mass is 9.99. The summed E-state index contributed by atoms with van der Waals surface area (Å²) in [5.41, 5.74) is 0.943. The van der Waals surface area contributed by atoms with Gasteiger partial charge in [0.15, 0.2) is 5.82 Å². The molecule has 2 aromatic heterocycles. The molecule has 0 unspecified atom stereocenters. The van der Waals surface area contributed by atoms with Crippen molar-refractivity contribution in [3.63, 3.8) is 0 Å². The van der Waals surface area contributed by atoms with Crippen molar-refractivity contribution in [1.82, 2.24) is 15.0 Å². The van der Waals surface area contributed by atoms with E-state index in [1.54, 1.807) is 24.5 Å². The Bertz CT molecular complexity index is 1030. The Morgan fingerprint density at radius 1 is 1.00 bits per heavy atom. The number of hydrogen-bond acceptors (Lipinski definition) is 6. The number of carbonyl (C=O) groups is 1. The van der Waals surface area contributed by atoms with Crippen molar-refractivity contribution >= 4 is 11.8 Å². The number of hydrogen-bond donors (Lipinski definition) is 1. The third kappa shape index (κ3) is 5.81. The van der Waals surface area contributed by atoms with Crippen LogP contribution in [-0.2, 0) is 10.9 Å². The van der Waals surface area contributed by atoms with Crippen molar-refractivity contribution in [1.29, 1.82) is 0 Å². The standard InChI is InChI=1S/C23H23F3N4O2/c1-14(2)10-19(30-20-9-6-16(11-27-20)22(31)32-3)17-12-28-21(29-13-17)15-4-7-18(8-5-15)23(24,25)26/h4-9,11-14,19H,10H2,1-3H3,(H,27,30)/t19-/m0/s1. The highest BCUT2D eigenvalue weighted by molar-refractivity contribution is 5.89. The average molecular weight is 444 g/mol. The Hall–Kier alpha value is -3.49. The predicted octanol–water partition coefficient (Wildman–Crippen LogP) is 5.54. The number of methoxy groups -OCH3 is 1. The molecule has 1 atom stereocenters. The highest BCUT2D eigenvalue weighted by Gasteiger charge is 2.30. The molecule has 0 radical (unpaired) electrons. The van der Waals surface area contributed by atoms with Crippen LogP contribution in [-0.4, -0.2) is 28.0 Å². The number of aromatic nitrogens is 3. The lowest BCUT2D eigenvalue weighted by molar-refractivity contribution is -0.137. The third-order valence-electron chi connectivity index (χ3n) is 4.76. The van der Waals surface area contributed by atoms with Gasteiger partial charge in [0.2, 0.25) is 0 Å². The number of pyridine rings is 1. The Labute approximate surface area is 183 Å². The summed E-state index contributed by atoms with van der Waals surface area (Å²) >= 11 is 0. The molecule has 3 rings (SSSR count). The van der Waals surface area contributed by atoms with Crippen LogP contribution in [0.2, 0.25) is 0 Å². The molecular weight excluding hydrogens is 421 g/mol. The number of nitrogens with one attached hydrogen (secondary N) is 1. The molecule has 168 valence electrons. The summed E-state index contributed by atoms with van der Waals surface area (Å²) in [7, 11) is 1.31. The molecule has 0 saturated heterocycles. The molecule has 0 aliphatic heterocycles. The summed E-state index contributed by atoms with van der Waals surface area (Å²) < 4.78 is 43.0. The van der Waals surface area contributed by atoms with Crippen LogP contribution in [0.5, 0.6) is 0 Å². The van der Waals surface area contributed by atoms with Gasteiger partial charge in [-0.05, 0) is 36.6 Å². The molecule has 0 fully saturated rings. The predicted molar refractivity (Wildman–Crippen MR) is 114 cm³/mol. The van der Waals surface area contributed by atoms with Gasteiger partial charge in [0.25, 0.3) is 0 Å². The molecule has 6 nitrogen and oxygen atoms in total. The maximum atomic E-state index is 12.8. The van der Waals surface area contributed by atoms with Crippen molar-refractivity contribution in [2.45, 2.75) is 32.5 Å². The Morgan fingerprint density at radius 2 is 1.66 bits per heavy atom. The number of esters is 1. The molecule has 1 aromatic carbocycles. The third-order valence-corrected chi connectivity index (χ3v) is 4.76. The molecule has 0 aliphatic carbocycles. The maximum absolute atomic E-state index is 12.8. The van der Waals surface area contributed by atoms with E-state index >= 15 is 0 Å². The lowest BCUT2D eigenvalue weighted by Crippen LogP contribution is -2.15. The highest BCUT2D eigenvalue weighted by atomic mass is 19.4. The van der Waals surface area contributed by atoms with Crippen LogP contribution in [0.15, 0.2) is 55.0 Å². The summed E-state index contributed by atoms with van der Waals surface area (Å²) in [5.74, 6) is 0.813. The minimum absolute atomic E-state index is 0.145. The fraction of sp³-hybridized carbons (Fsp3) is 0.304. The first kappa shape index (κ1) is 23.2. The molecule has 1 N–H and O–H groups in total. The number of halogens is 3. The molecule has 0 aliphatic rings. The summed E-state index contributed by atoms with van der Waals surface area (Å²) in [6.45, 7) is 4.17. The van der Waals surface area contributed by atoms with Gasteiger partial charge in [-0.3, -0.25) is 0 Å². The first-order valence-electron chi connectivity index (χ1n) is 9.98. The fourth-order valence-corrected chi connectivity index (χ4v) is 3.12. The van der Waals surface area contributed by atoms with Gasteiger partial charge in [0, 0.05) is 29.7 Å². The number of carbonyl (C=O) groups excluding carboxylic acids is 1. The van der Waals surface area contributed by atoms with E-state index < -0.39 is 17.7 Å². The van der Waals surface area contributed by atoms with Gasteiger partial charge < -0.3 is 10.1 Å². The van der Waals surface area contributed by atoms with E-state index in [-0.39, 0.29) is 6.04 Å². The number of ether oxygens (including phenoxy) is 1. The molecule has 2 heterocycles. The van der Waals surface area contributed by atoms with Gasteiger partial charge in [-0.1, -0.05) is 26.0 Å². The molecule has 0 bridgehead atoms. The molecule has 3 aromatic rings. The topological polar surface area (TPSA) is 77.0 Å². The van der Waals surface area contributed by atoms with E-state index in [9.17, 15) is 18.0 Å². The minimum atomic E-state index is -4.39. The fourth-order valence-electron chi connectivity index (χ4n) is 3.12. The van der Waals surface area contributed by atoms with Gasteiger partial charge in [-0.25, -0.2) is 19.7 Å². The van der Waals surface area contributed by atoms with Crippen LogP contribution in [0.4, 0.5) is 19.0 Å². The summed E-state index contributed by atoms with van der Waals surface area (Å²) in [6, 6.07) is 7.91. The van der Waals surface area contributed by atoms with Crippen LogP contribution in [0.25, 0.3) is 11.4 Å². The number of nitrogens with zero attached hydrogens (tertiary/aromatic N) is 3. The van der Waals surface area contributed by atoms with Crippen molar-refractivity contribution in [2.24, 2.45) is 5.92 Å². The van der Waals surface area contributed by atoms with E-state index in [2.05, 4.69) is 38.9 Å². The molecular formula is C23H23F3N4O2. The Morgan fingerprint density at radius 3 is 2.16 bits per heavy atom. The smallest absolute Gasteiger partial charge is 0.416 e. The van der Waals surface area contributed by atoms with E-state index in [0.29, 0.717) is 28.7 Å². The zero-order chi connectivity index (χ0) is 23.3. The second-order valence-corrected chi connectivity index (χ2v) is 7.67. The van der Waals surface area contributed by atoms with Gasteiger partial charge >= 0.3 is 12.1 Å². The number of anilines is 1. The number of benzene rings is 1. The largest absolute Gasteiger partial charge is 0.465 e. The summed E-state index contributed by atoms with van der Waals surface area (Å²) in [6.07, 6.45) is 1.13. The van der Waals surface area contributed by atoms with Crippen LogP contribution in [0.1, 0.15) is 47.8 Å². The Kier molecular flexibility index (Phi) is 7.07. The molecule has 9 heteroatoms. The SMILES string of the molecule is COC(=O)c1ccc(N[C@@H](CC(C)C)c2cnc(-c3ccc(C(F)(F)F)cc3)nc2)nc1. The van der Waals surface area contributed by atoms with Crippen LogP contribution >= 0.6 is 0 Å². The van der Waals surface area contributed by atoms with Crippen LogP contribution < -0.4 is 5.32 Å². The number of rotatable bonds is 7. The average Bonchev–Trinajstić information content (AvgIpc) is 2.78. The second-order valence-electron chi connectivity index (χ2n) is 7.67. The first-order chi connectivity index (χ1) is 15.2. The molecule has 0 amide bonds. The highest BCUT2D eigenvalue weighted by Crippen LogP contribution is 2.31. The first-order valence-corrected chi connectivity index (χ1v) is 9.98. The second kappa shape index (κ2) is 9.76. The summed E-state index contributed by atoms with van der Waals surface area (Å²) in [5, 5.41) is 3.33. The zero-order valence-electron chi connectivity index (χ0n) is 17.8. The van der Waals surface area contributed by atoms with Crippen LogP contribution in [0, 0.1) is 5.92 Å². The van der Waals surface area contributed by atoms with Crippen molar-refractivity contribution in [3.05, 3.63) is 71.7 Å². The van der Waals surface area contributed by atoms with Gasteiger partial charge in [-0.2, -0.15) is 13.2 Å². The van der Waals surface area contributed by atoms with E-state index in [1.165, 1.54) is 25.4 Å². The van der Waals surface area contributed by atoms with E-state index in [0.717, 1.165) is 24.1 Å². The zero-order valence-corrected chi connectivity index (χ0v) is 17.8. The maximum Gasteiger partial charge on any atom is 0.416 e. The van der Waals surface area contributed by atoms with Crippen molar-refractivity contribution in [2.75, 3.05) is 12.4 Å². The normalized spacial score (nSPS) is 12.5. The van der Waals surface area contributed by atoms with Gasteiger partial charge in [0.05, 0.1) is 24.3 Å². The molecule has 0 saturated carbocycles. The van der Waals surface area contributed by atoms with Crippen molar-refractivity contribution < 1.29 is 22.7 Å². The minimum Gasteiger partial charge on any atom is -0.465 e. The molecule has 32 heavy (non-hydrogen) atoms.